The van der Waals surface area contributed by atoms with E-state index in [4.69, 9.17) is 28.4 Å². The summed E-state index contributed by atoms with van der Waals surface area (Å²) in [6, 6.07) is 11.9. The van der Waals surface area contributed by atoms with E-state index in [1.807, 2.05) is 30.3 Å². The van der Waals surface area contributed by atoms with E-state index in [0.29, 0.717) is 70.1 Å². The van der Waals surface area contributed by atoms with Crippen LogP contribution in [0.4, 0.5) is 0 Å². The van der Waals surface area contributed by atoms with Crippen molar-refractivity contribution in [3.63, 3.8) is 0 Å². The molecule has 170 valence electrons. The Morgan fingerprint density at radius 3 is 1.55 bits per heavy atom. The summed E-state index contributed by atoms with van der Waals surface area (Å²) in [4.78, 5) is 0. The van der Waals surface area contributed by atoms with Crippen molar-refractivity contribution in [3.05, 3.63) is 45.5 Å². The first-order chi connectivity index (χ1) is 14.9. The Kier molecular flexibility index (Phi) is 9.10. The SMILES string of the molecule is CC(C)(C)c1ccc2c(c1)OCCOCCOc1cc(I)ccc1OCCOCCO2. The predicted octanol–water partition coefficient (Wildman–Crippen LogP) is 4.85. The molecule has 0 radical (unpaired) electrons. The highest BCUT2D eigenvalue weighted by molar-refractivity contribution is 14.1. The highest BCUT2D eigenvalue weighted by atomic mass is 127. The first kappa shape index (κ1) is 23.9. The first-order valence-corrected chi connectivity index (χ1v) is 11.6. The molecule has 31 heavy (non-hydrogen) atoms. The minimum Gasteiger partial charge on any atom is -0.487 e. The molecule has 0 fully saturated rings. The van der Waals surface area contributed by atoms with E-state index < -0.39 is 0 Å². The van der Waals surface area contributed by atoms with Gasteiger partial charge in [0.1, 0.15) is 26.4 Å². The molecule has 3 rings (SSSR count). The fraction of sp³-hybridized carbons (Fsp3) is 0.500. The zero-order chi connectivity index (χ0) is 22.1. The summed E-state index contributed by atoms with van der Waals surface area (Å²) in [6.07, 6.45) is 0. The molecule has 7 heteroatoms. The van der Waals surface area contributed by atoms with Crippen molar-refractivity contribution >= 4 is 22.6 Å². The fourth-order valence-corrected chi connectivity index (χ4v) is 3.43. The number of hydrogen-bond acceptors (Lipinski definition) is 6. The van der Waals surface area contributed by atoms with Gasteiger partial charge >= 0.3 is 0 Å². The van der Waals surface area contributed by atoms with Crippen molar-refractivity contribution < 1.29 is 28.4 Å². The topological polar surface area (TPSA) is 55.4 Å². The van der Waals surface area contributed by atoms with Gasteiger partial charge in [0, 0.05) is 3.57 Å². The van der Waals surface area contributed by atoms with E-state index in [1.54, 1.807) is 0 Å². The van der Waals surface area contributed by atoms with Gasteiger partial charge < -0.3 is 28.4 Å². The van der Waals surface area contributed by atoms with Crippen molar-refractivity contribution in [2.75, 3.05) is 52.9 Å². The van der Waals surface area contributed by atoms with Crippen LogP contribution in [0.15, 0.2) is 36.4 Å². The van der Waals surface area contributed by atoms with Crippen LogP contribution in [0.2, 0.25) is 0 Å². The summed E-state index contributed by atoms with van der Waals surface area (Å²) in [5, 5.41) is 0. The second kappa shape index (κ2) is 11.8. The van der Waals surface area contributed by atoms with Gasteiger partial charge in [-0.2, -0.15) is 0 Å². The maximum Gasteiger partial charge on any atom is 0.162 e. The van der Waals surface area contributed by atoms with Crippen LogP contribution < -0.4 is 18.9 Å². The summed E-state index contributed by atoms with van der Waals surface area (Å²) in [7, 11) is 0. The molecule has 6 nitrogen and oxygen atoms in total. The number of hydrogen-bond donors (Lipinski definition) is 0. The molecule has 0 unspecified atom stereocenters. The molecule has 1 aliphatic heterocycles. The lowest BCUT2D eigenvalue weighted by Crippen LogP contribution is -2.16. The quantitative estimate of drug-likeness (QED) is 0.444. The third kappa shape index (κ3) is 7.73. The van der Waals surface area contributed by atoms with Crippen LogP contribution in [0, 0.1) is 3.57 Å². The van der Waals surface area contributed by atoms with Crippen LogP contribution in [-0.4, -0.2) is 52.9 Å². The summed E-state index contributed by atoms with van der Waals surface area (Å²) in [6.45, 7) is 10.1. The largest absolute Gasteiger partial charge is 0.487 e. The highest BCUT2D eigenvalue weighted by Crippen LogP contribution is 2.33. The third-order valence-electron chi connectivity index (χ3n) is 4.66. The standard InChI is InChI=1S/C24H31IO6/c1-24(2,3)18-4-6-20-22(16-18)30-14-10-27-11-15-31-23-17-19(25)5-7-21(23)29-13-9-26-8-12-28-20/h4-7,16-17H,8-15H2,1-3H3. The molecule has 1 aliphatic rings. The zero-order valence-electron chi connectivity index (χ0n) is 18.4. The number of benzene rings is 2. The second-order valence-electron chi connectivity index (χ2n) is 8.12. The Labute approximate surface area is 198 Å². The lowest BCUT2D eigenvalue weighted by atomic mass is 9.87. The molecule has 1 heterocycles. The van der Waals surface area contributed by atoms with E-state index in [-0.39, 0.29) is 5.41 Å². The van der Waals surface area contributed by atoms with Crippen molar-refractivity contribution in [1.29, 1.82) is 0 Å². The lowest BCUT2D eigenvalue weighted by molar-refractivity contribution is 0.0639. The van der Waals surface area contributed by atoms with Crippen LogP contribution in [0.25, 0.3) is 0 Å². The van der Waals surface area contributed by atoms with E-state index >= 15 is 0 Å². The van der Waals surface area contributed by atoms with Crippen LogP contribution in [0.5, 0.6) is 23.0 Å². The van der Waals surface area contributed by atoms with Gasteiger partial charge in [0.15, 0.2) is 23.0 Å². The molecule has 0 atom stereocenters. The molecular formula is C24H31IO6. The summed E-state index contributed by atoms with van der Waals surface area (Å²) >= 11 is 2.25. The first-order valence-electron chi connectivity index (χ1n) is 10.5. The molecule has 0 aliphatic carbocycles. The summed E-state index contributed by atoms with van der Waals surface area (Å²) in [5.74, 6) is 2.84. The molecular weight excluding hydrogens is 511 g/mol. The number of ether oxygens (including phenoxy) is 6. The Balaban J connectivity index is 1.64. The van der Waals surface area contributed by atoms with Crippen LogP contribution in [0.3, 0.4) is 0 Å². The molecule has 0 aromatic heterocycles. The molecule has 0 spiro atoms. The molecule has 2 aromatic rings. The van der Waals surface area contributed by atoms with Gasteiger partial charge in [-0.15, -0.1) is 0 Å². The van der Waals surface area contributed by atoms with Gasteiger partial charge in [-0.3, -0.25) is 0 Å². The van der Waals surface area contributed by atoms with E-state index in [1.165, 1.54) is 5.56 Å². The van der Waals surface area contributed by atoms with E-state index in [2.05, 4.69) is 49.4 Å². The minimum atomic E-state index is 0.0233. The maximum absolute atomic E-state index is 5.99. The van der Waals surface area contributed by atoms with Crippen LogP contribution >= 0.6 is 22.6 Å². The molecule has 0 bridgehead atoms. The van der Waals surface area contributed by atoms with Gasteiger partial charge in [0.2, 0.25) is 0 Å². The van der Waals surface area contributed by atoms with E-state index in [9.17, 15) is 0 Å². The van der Waals surface area contributed by atoms with Gasteiger partial charge in [-0.05, 0) is 63.9 Å². The number of fused-ring (bicyclic) bond motifs is 2. The number of halogens is 1. The van der Waals surface area contributed by atoms with Gasteiger partial charge in [0.25, 0.3) is 0 Å². The van der Waals surface area contributed by atoms with Crippen molar-refractivity contribution in [1.82, 2.24) is 0 Å². The average Bonchev–Trinajstić information content (AvgIpc) is 2.73. The normalized spacial score (nSPS) is 16.8. The highest BCUT2D eigenvalue weighted by Gasteiger charge is 2.17. The smallest absolute Gasteiger partial charge is 0.162 e. The molecule has 0 N–H and O–H groups in total. The third-order valence-corrected chi connectivity index (χ3v) is 5.33. The number of rotatable bonds is 0. The predicted molar refractivity (Wildman–Crippen MR) is 128 cm³/mol. The fourth-order valence-electron chi connectivity index (χ4n) is 2.97. The van der Waals surface area contributed by atoms with Gasteiger partial charge in [0.05, 0.1) is 26.4 Å². The Morgan fingerprint density at radius 2 is 1.03 bits per heavy atom. The summed E-state index contributed by atoms with van der Waals surface area (Å²) in [5.41, 5.74) is 1.21. The minimum absolute atomic E-state index is 0.0233. The second-order valence-corrected chi connectivity index (χ2v) is 9.37. The van der Waals surface area contributed by atoms with Crippen LogP contribution in [-0.2, 0) is 14.9 Å². The zero-order valence-corrected chi connectivity index (χ0v) is 20.6. The van der Waals surface area contributed by atoms with Crippen LogP contribution in [0.1, 0.15) is 26.3 Å². The monoisotopic (exact) mass is 542 g/mol. The molecule has 0 saturated carbocycles. The average molecular weight is 542 g/mol. The van der Waals surface area contributed by atoms with Crippen molar-refractivity contribution in [2.24, 2.45) is 0 Å². The Morgan fingerprint density at radius 1 is 0.581 bits per heavy atom. The lowest BCUT2D eigenvalue weighted by Gasteiger charge is -2.21. The Bertz CT molecular complexity index is 833. The molecule has 0 saturated heterocycles. The maximum atomic E-state index is 5.99. The van der Waals surface area contributed by atoms with Gasteiger partial charge in [-0.25, -0.2) is 0 Å². The molecule has 0 amide bonds. The van der Waals surface area contributed by atoms with Crippen molar-refractivity contribution in [2.45, 2.75) is 26.2 Å². The molecule has 2 aromatic carbocycles. The van der Waals surface area contributed by atoms with Crippen molar-refractivity contribution in [3.8, 4) is 23.0 Å². The van der Waals surface area contributed by atoms with Gasteiger partial charge in [-0.1, -0.05) is 26.8 Å². The Hall–Kier alpha value is -1.71. The van der Waals surface area contributed by atoms with E-state index in [0.717, 1.165) is 9.32 Å². The summed E-state index contributed by atoms with van der Waals surface area (Å²) < 4.78 is 36.0.